The van der Waals surface area contributed by atoms with Gasteiger partial charge in [0.1, 0.15) is 5.00 Å². The zero-order valence-corrected chi connectivity index (χ0v) is 11.6. The van der Waals surface area contributed by atoms with Gasteiger partial charge in [0, 0.05) is 11.1 Å². The number of carbonyl (C=O) groups is 2. The summed E-state index contributed by atoms with van der Waals surface area (Å²) in [6, 6.07) is 2.45. The number of nitrogens with one attached hydrogen (secondary N) is 1. The quantitative estimate of drug-likeness (QED) is 0.851. The molecule has 0 aromatic carbocycles. The fraction of sp³-hybridized carbons (Fsp3) is 0.154. The molecule has 5 nitrogen and oxygen atoms in total. The number of anilines is 1. The number of aromatic nitrogens is 1. The van der Waals surface area contributed by atoms with Crippen molar-refractivity contribution in [2.75, 3.05) is 5.32 Å². The zero-order valence-electron chi connectivity index (χ0n) is 10.8. The number of pyridine rings is 1. The number of halogens is 2. The Bertz CT molecular complexity index is 715. The van der Waals surface area contributed by atoms with E-state index in [-0.39, 0.29) is 10.6 Å². The van der Waals surface area contributed by atoms with Crippen molar-refractivity contribution in [2.45, 2.75) is 13.3 Å². The zero-order chi connectivity index (χ0) is 15.6. The number of hydrogen-bond acceptors (Lipinski definition) is 4. The number of thiophene rings is 1. The first-order chi connectivity index (χ1) is 9.93. The Balaban J connectivity index is 2.33. The number of hydrogen-bond donors (Lipinski definition) is 2. The van der Waals surface area contributed by atoms with Gasteiger partial charge in [0.15, 0.2) is 5.82 Å². The molecule has 0 unspecified atom stereocenters. The van der Waals surface area contributed by atoms with E-state index < -0.39 is 29.2 Å². The molecule has 0 radical (unpaired) electrons. The van der Waals surface area contributed by atoms with Crippen LogP contribution in [0.3, 0.4) is 0 Å². The molecule has 21 heavy (non-hydrogen) atoms. The molecule has 2 rings (SSSR count). The highest BCUT2D eigenvalue weighted by Crippen LogP contribution is 2.29. The van der Waals surface area contributed by atoms with Crippen molar-refractivity contribution in [1.29, 1.82) is 0 Å². The minimum atomic E-state index is -1.39. The van der Waals surface area contributed by atoms with Gasteiger partial charge in [-0.15, -0.1) is 11.3 Å². The molecule has 110 valence electrons. The summed E-state index contributed by atoms with van der Waals surface area (Å²) < 4.78 is 26.5. The van der Waals surface area contributed by atoms with E-state index in [2.05, 4.69) is 10.3 Å². The Hall–Kier alpha value is -2.35. The Morgan fingerprint density at radius 3 is 2.71 bits per heavy atom. The third-order valence-corrected chi connectivity index (χ3v) is 3.88. The number of aromatic carboxylic acids is 1. The summed E-state index contributed by atoms with van der Waals surface area (Å²) in [6.45, 7) is 1.83. The molecule has 2 N–H and O–H groups in total. The third-order valence-electron chi connectivity index (χ3n) is 2.68. The second-order valence-corrected chi connectivity index (χ2v) is 5.17. The van der Waals surface area contributed by atoms with Gasteiger partial charge in [0.25, 0.3) is 5.91 Å². The number of carboxylic acids is 1. The van der Waals surface area contributed by atoms with Crippen molar-refractivity contribution in [3.63, 3.8) is 0 Å². The highest BCUT2D eigenvalue weighted by Gasteiger charge is 2.20. The Morgan fingerprint density at radius 1 is 1.38 bits per heavy atom. The van der Waals surface area contributed by atoms with Gasteiger partial charge in [-0.2, -0.15) is 4.39 Å². The van der Waals surface area contributed by atoms with Crippen LogP contribution in [-0.2, 0) is 6.42 Å². The molecule has 0 bridgehead atoms. The summed E-state index contributed by atoms with van der Waals surface area (Å²) in [5.41, 5.74) is -0.620. The van der Waals surface area contributed by atoms with Crippen molar-refractivity contribution in [2.24, 2.45) is 0 Å². The van der Waals surface area contributed by atoms with Crippen LogP contribution in [0, 0.1) is 11.8 Å². The van der Waals surface area contributed by atoms with Crippen molar-refractivity contribution in [3.8, 4) is 0 Å². The fourth-order valence-corrected chi connectivity index (χ4v) is 2.62. The van der Waals surface area contributed by atoms with E-state index in [1.165, 1.54) is 6.07 Å². The standard InChI is InChI=1S/C13H10F2N2O3S/c1-2-6-5-8(13(19)20)12(21-6)17-11(18)7-3-4-16-10(15)9(7)14/h3-5H,2H2,1H3,(H,17,18)(H,19,20). The number of carbonyl (C=O) groups excluding carboxylic acids is 1. The van der Waals surface area contributed by atoms with Gasteiger partial charge in [0.05, 0.1) is 11.1 Å². The Kier molecular flexibility index (Phi) is 4.27. The van der Waals surface area contributed by atoms with Crippen LogP contribution in [0.4, 0.5) is 13.8 Å². The maximum atomic E-state index is 13.5. The van der Waals surface area contributed by atoms with Gasteiger partial charge >= 0.3 is 5.97 Å². The predicted molar refractivity (Wildman–Crippen MR) is 72.8 cm³/mol. The molecule has 0 aliphatic carbocycles. The molecule has 0 fully saturated rings. The van der Waals surface area contributed by atoms with Gasteiger partial charge in [-0.05, 0) is 18.6 Å². The minimum Gasteiger partial charge on any atom is -0.478 e. The van der Waals surface area contributed by atoms with Crippen LogP contribution in [0.1, 0.15) is 32.5 Å². The molecule has 1 amide bonds. The number of nitrogens with zero attached hydrogens (tertiary/aromatic N) is 1. The van der Waals surface area contributed by atoms with E-state index in [1.54, 1.807) is 0 Å². The highest BCUT2D eigenvalue weighted by molar-refractivity contribution is 7.16. The Morgan fingerprint density at radius 2 is 2.10 bits per heavy atom. The number of amides is 1. The normalized spacial score (nSPS) is 10.4. The summed E-state index contributed by atoms with van der Waals surface area (Å²) in [5.74, 6) is -4.90. The lowest BCUT2D eigenvalue weighted by atomic mass is 10.2. The van der Waals surface area contributed by atoms with Crippen LogP contribution in [0.5, 0.6) is 0 Å². The first-order valence-corrected chi connectivity index (χ1v) is 6.73. The van der Waals surface area contributed by atoms with Crippen LogP contribution in [0.15, 0.2) is 18.3 Å². The van der Waals surface area contributed by atoms with Gasteiger partial charge < -0.3 is 10.4 Å². The SMILES string of the molecule is CCc1cc(C(=O)O)c(NC(=O)c2ccnc(F)c2F)s1. The molecule has 0 aliphatic heterocycles. The Labute approximate surface area is 122 Å². The van der Waals surface area contributed by atoms with Crippen LogP contribution >= 0.6 is 11.3 Å². The van der Waals surface area contributed by atoms with Gasteiger partial charge in [-0.1, -0.05) is 6.92 Å². The average Bonchev–Trinajstić information content (AvgIpc) is 2.85. The number of rotatable bonds is 4. The van der Waals surface area contributed by atoms with E-state index in [0.717, 1.165) is 28.5 Å². The first kappa shape index (κ1) is 15.0. The topological polar surface area (TPSA) is 79.3 Å². The first-order valence-electron chi connectivity index (χ1n) is 5.91. The molecular formula is C13H10F2N2O3S. The lowest BCUT2D eigenvalue weighted by Crippen LogP contribution is -2.16. The molecule has 0 saturated heterocycles. The summed E-state index contributed by atoms with van der Waals surface area (Å²) in [4.78, 5) is 26.9. The molecule has 0 spiro atoms. The maximum absolute atomic E-state index is 13.5. The molecule has 0 saturated carbocycles. The molecule has 2 aromatic heterocycles. The molecule has 8 heteroatoms. The summed E-state index contributed by atoms with van der Waals surface area (Å²) in [5, 5.41) is 11.4. The lowest BCUT2D eigenvalue weighted by Gasteiger charge is -2.05. The van der Waals surface area contributed by atoms with Gasteiger partial charge in [-0.3, -0.25) is 4.79 Å². The summed E-state index contributed by atoms with van der Waals surface area (Å²) in [7, 11) is 0. The van der Waals surface area contributed by atoms with Crippen LogP contribution in [0.25, 0.3) is 0 Å². The number of aryl methyl sites for hydroxylation is 1. The molecule has 0 atom stereocenters. The second-order valence-electron chi connectivity index (χ2n) is 4.03. The van der Waals surface area contributed by atoms with E-state index >= 15 is 0 Å². The second kappa shape index (κ2) is 5.96. The van der Waals surface area contributed by atoms with Crippen LogP contribution < -0.4 is 5.32 Å². The average molecular weight is 312 g/mol. The van der Waals surface area contributed by atoms with Gasteiger partial charge in [0.2, 0.25) is 5.95 Å². The molecule has 2 aromatic rings. The van der Waals surface area contributed by atoms with E-state index in [4.69, 9.17) is 5.11 Å². The smallest absolute Gasteiger partial charge is 0.338 e. The molecular weight excluding hydrogens is 302 g/mol. The van der Waals surface area contributed by atoms with E-state index in [9.17, 15) is 18.4 Å². The highest BCUT2D eigenvalue weighted by atomic mass is 32.1. The van der Waals surface area contributed by atoms with Crippen LogP contribution in [-0.4, -0.2) is 22.0 Å². The number of carboxylic acid groups (broad SMARTS) is 1. The van der Waals surface area contributed by atoms with Crippen molar-refractivity contribution in [3.05, 3.63) is 46.1 Å². The monoisotopic (exact) mass is 312 g/mol. The maximum Gasteiger partial charge on any atom is 0.338 e. The van der Waals surface area contributed by atoms with Crippen molar-refractivity contribution >= 4 is 28.2 Å². The fourth-order valence-electron chi connectivity index (χ4n) is 1.63. The van der Waals surface area contributed by atoms with Crippen LogP contribution in [0.2, 0.25) is 0 Å². The lowest BCUT2D eigenvalue weighted by molar-refractivity contribution is 0.0698. The third kappa shape index (κ3) is 3.05. The van der Waals surface area contributed by atoms with Gasteiger partial charge in [-0.25, -0.2) is 14.2 Å². The van der Waals surface area contributed by atoms with E-state index in [0.29, 0.717) is 6.42 Å². The van der Waals surface area contributed by atoms with Crippen molar-refractivity contribution in [1.82, 2.24) is 4.98 Å². The molecule has 0 aliphatic rings. The van der Waals surface area contributed by atoms with E-state index in [1.807, 2.05) is 6.92 Å². The summed E-state index contributed by atoms with van der Waals surface area (Å²) in [6.07, 6.45) is 1.55. The molecule has 2 heterocycles. The largest absolute Gasteiger partial charge is 0.478 e. The minimum absolute atomic E-state index is 0.0832. The van der Waals surface area contributed by atoms with Crippen molar-refractivity contribution < 1.29 is 23.5 Å². The summed E-state index contributed by atoms with van der Waals surface area (Å²) >= 11 is 1.08. The predicted octanol–water partition coefficient (Wildman–Crippen LogP) is 2.93.